The zero-order valence-electron chi connectivity index (χ0n) is 10.2. The van der Waals surface area contributed by atoms with Crippen molar-refractivity contribution >= 4 is 11.9 Å². The van der Waals surface area contributed by atoms with E-state index in [2.05, 4.69) is 0 Å². The van der Waals surface area contributed by atoms with Gasteiger partial charge in [-0.25, -0.2) is 0 Å². The molecular formula is C13H15NO4. The average Bonchev–Trinajstić information content (AvgIpc) is 2.33. The SMILES string of the molecule is CCOc1ccc2c(c1)C(=O)N(CC(=O)O)CC2. The first kappa shape index (κ1) is 12.4. The second kappa shape index (κ2) is 5.08. The van der Waals surface area contributed by atoms with Gasteiger partial charge in [-0.3, -0.25) is 9.59 Å². The molecule has 96 valence electrons. The van der Waals surface area contributed by atoms with Crippen LogP contribution in [0.2, 0.25) is 0 Å². The number of carboxylic acid groups (broad SMARTS) is 1. The first-order chi connectivity index (χ1) is 8.61. The monoisotopic (exact) mass is 249 g/mol. The van der Waals surface area contributed by atoms with Gasteiger partial charge in [-0.05, 0) is 31.0 Å². The Balaban J connectivity index is 2.26. The van der Waals surface area contributed by atoms with Crippen LogP contribution in [0.15, 0.2) is 18.2 Å². The number of carbonyl (C=O) groups is 2. The second-order valence-electron chi connectivity index (χ2n) is 4.12. The molecule has 0 fully saturated rings. The molecule has 0 spiro atoms. The molecule has 0 aromatic heterocycles. The van der Waals surface area contributed by atoms with E-state index in [9.17, 15) is 9.59 Å². The summed E-state index contributed by atoms with van der Waals surface area (Å²) < 4.78 is 5.35. The molecule has 1 aromatic rings. The lowest BCUT2D eigenvalue weighted by Crippen LogP contribution is -2.40. The van der Waals surface area contributed by atoms with Crippen LogP contribution in [-0.4, -0.2) is 41.6 Å². The maximum atomic E-state index is 12.1. The summed E-state index contributed by atoms with van der Waals surface area (Å²) in [6.07, 6.45) is 0.681. The van der Waals surface area contributed by atoms with Gasteiger partial charge < -0.3 is 14.7 Å². The standard InChI is InChI=1S/C13H15NO4/c1-2-18-10-4-3-9-5-6-14(8-12(15)16)13(17)11(9)7-10/h3-4,7H,2,5-6,8H2,1H3,(H,15,16). The number of hydrogen-bond acceptors (Lipinski definition) is 3. The molecule has 0 saturated heterocycles. The van der Waals surface area contributed by atoms with Crippen molar-refractivity contribution in [1.29, 1.82) is 0 Å². The van der Waals surface area contributed by atoms with Gasteiger partial charge >= 0.3 is 5.97 Å². The normalized spacial score (nSPS) is 14.3. The highest BCUT2D eigenvalue weighted by atomic mass is 16.5. The van der Waals surface area contributed by atoms with E-state index in [1.807, 2.05) is 19.1 Å². The predicted molar refractivity (Wildman–Crippen MR) is 64.9 cm³/mol. The minimum atomic E-state index is -0.993. The molecule has 1 aliphatic rings. The molecular weight excluding hydrogens is 234 g/mol. The largest absolute Gasteiger partial charge is 0.494 e. The van der Waals surface area contributed by atoms with Gasteiger partial charge in [-0.2, -0.15) is 0 Å². The van der Waals surface area contributed by atoms with Gasteiger partial charge in [0.2, 0.25) is 0 Å². The van der Waals surface area contributed by atoms with Crippen molar-refractivity contribution in [3.63, 3.8) is 0 Å². The van der Waals surface area contributed by atoms with Crippen LogP contribution in [0.4, 0.5) is 0 Å². The molecule has 2 rings (SSSR count). The summed E-state index contributed by atoms with van der Waals surface area (Å²) in [5.41, 5.74) is 1.50. The van der Waals surface area contributed by atoms with Crippen LogP contribution in [0, 0.1) is 0 Å². The third kappa shape index (κ3) is 2.45. The molecule has 1 aliphatic heterocycles. The zero-order chi connectivity index (χ0) is 13.1. The molecule has 0 aliphatic carbocycles. The van der Waals surface area contributed by atoms with Crippen molar-refractivity contribution < 1.29 is 19.4 Å². The smallest absolute Gasteiger partial charge is 0.323 e. The van der Waals surface area contributed by atoms with E-state index in [0.717, 1.165) is 5.56 Å². The quantitative estimate of drug-likeness (QED) is 0.869. The molecule has 0 bridgehead atoms. The summed E-state index contributed by atoms with van der Waals surface area (Å²) in [5.74, 6) is -0.588. The van der Waals surface area contributed by atoms with Crippen molar-refractivity contribution in [2.75, 3.05) is 19.7 Å². The number of amides is 1. The number of rotatable bonds is 4. The first-order valence-corrected chi connectivity index (χ1v) is 5.88. The summed E-state index contributed by atoms with van der Waals surface area (Å²) in [6, 6.07) is 5.40. The van der Waals surface area contributed by atoms with E-state index < -0.39 is 5.97 Å². The Morgan fingerprint density at radius 1 is 1.50 bits per heavy atom. The Labute approximate surface area is 105 Å². The van der Waals surface area contributed by atoms with Crippen molar-refractivity contribution in [2.24, 2.45) is 0 Å². The molecule has 0 saturated carbocycles. The molecule has 1 amide bonds. The van der Waals surface area contributed by atoms with Crippen LogP contribution in [0.3, 0.4) is 0 Å². The summed E-state index contributed by atoms with van der Waals surface area (Å²) in [6.45, 7) is 2.60. The molecule has 18 heavy (non-hydrogen) atoms. The van der Waals surface area contributed by atoms with Gasteiger partial charge in [-0.15, -0.1) is 0 Å². The number of ether oxygens (including phenoxy) is 1. The summed E-state index contributed by atoms with van der Waals surface area (Å²) in [5, 5.41) is 8.75. The zero-order valence-corrected chi connectivity index (χ0v) is 10.2. The van der Waals surface area contributed by atoms with E-state index >= 15 is 0 Å². The minimum Gasteiger partial charge on any atom is -0.494 e. The molecule has 1 heterocycles. The highest BCUT2D eigenvalue weighted by Crippen LogP contribution is 2.23. The van der Waals surface area contributed by atoms with Gasteiger partial charge in [0.25, 0.3) is 5.91 Å². The second-order valence-corrected chi connectivity index (χ2v) is 4.12. The molecule has 5 nitrogen and oxygen atoms in total. The van der Waals surface area contributed by atoms with Gasteiger partial charge in [0.05, 0.1) is 6.61 Å². The molecule has 1 aromatic carbocycles. The number of benzene rings is 1. The lowest BCUT2D eigenvalue weighted by atomic mass is 9.99. The predicted octanol–water partition coefficient (Wildman–Crippen LogP) is 1.17. The van der Waals surface area contributed by atoms with Gasteiger partial charge in [-0.1, -0.05) is 6.07 Å². The fourth-order valence-electron chi connectivity index (χ4n) is 2.07. The fraction of sp³-hybridized carbons (Fsp3) is 0.385. The number of nitrogens with zero attached hydrogens (tertiary/aromatic N) is 1. The minimum absolute atomic E-state index is 0.236. The molecule has 0 atom stereocenters. The Bertz CT molecular complexity index is 484. The summed E-state index contributed by atoms with van der Waals surface area (Å²) in [7, 11) is 0. The third-order valence-electron chi connectivity index (χ3n) is 2.89. The van der Waals surface area contributed by atoms with Gasteiger partial charge in [0.15, 0.2) is 0 Å². The molecule has 0 radical (unpaired) electrons. The van der Waals surface area contributed by atoms with Crippen molar-refractivity contribution in [1.82, 2.24) is 4.90 Å². The Kier molecular flexibility index (Phi) is 3.50. The van der Waals surface area contributed by atoms with E-state index in [-0.39, 0.29) is 12.5 Å². The average molecular weight is 249 g/mol. The molecule has 5 heteroatoms. The highest BCUT2D eigenvalue weighted by Gasteiger charge is 2.26. The maximum Gasteiger partial charge on any atom is 0.323 e. The first-order valence-electron chi connectivity index (χ1n) is 5.88. The van der Waals surface area contributed by atoms with Gasteiger partial charge in [0, 0.05) is 12.1 Å². The van der Waals surface area contributed by atoms with Crippen LogP contribution < -0.4 is 4.74 Å². The Morgan fingerprint density at radius 3 is 2.94 bits per heavy atom. The van der Waals surface area contributed by atoms with Crippen LogP contribution in [0.25, 0.3) is 0 Å². The van der Waals surface area contributed by atoms with E-state index in [1.54, 1.807) is 6.07 Å². The molecule has 1 N–H and O–H groups in total. The fourth-order valence-corrected chi connectivity index (χ4v) is 2.07. The number of carbonyl (C=O) groups excluding carboxylic acids is 1. The summed E-state index contributed by atoms with van der Waals surface area (Å²) >= 11 is 0. The van der Waals surface area contributed by atoms with Crippen LogP contribution in [0.1, 0.15) is 22.8 Å². The summed E-state index contributed by atoms with van der Waals surface area (Å²) in [4.78, 5) is 24.1. The van der Waals surface area contributed by atoms with E-state index in [0.29, 0.717) is 30.9 Å². The number of fused-ring (bicyclic) bond motifs is 1. The molecule has 0 unspecified atom stereocenters. The van der Waals surface area contributed by atoms with Gasteiger partial charge in [0.1, 0.15) is 12.3 Å². The van der Waals surface area contributed by atoms with Crippen LogP contribution in [-0.2, 0) is 11.2 Å². The van der Waals surface area contributed by atoms with Crippen LogP contribution in [0.5, 0.6) is 5.75 Å². The van der Waals surface area contributed by atoms with Crippen molar-refractivity contribution in [3.05, 3.63) is 29.3 Å². The topological polar surface area (TPSA) is 66.8 Å². The number of hydrogen-bond donors (Lipinski definition) is 1. The highest BCUT2D eigenvalue weighted by molar-refractivity contribution is 5.98. The lowest BCUT2D eigenvalue weighted by molar-refractivity contribution is -0.137. The van der Waals surface area contributed by atoms with Crippen molar-refractivity contribution in [3.8, 4) is 5.75 Å². The number of aliphatic carboxylic acids is 1. The Morgan fingerprint density at radius 2 is 2.28 bits per heavy atom. The van der Waals surface area contributed by atoms with Crippen LogP contribution >= 0.6 is 0 Å². The van der Waals surface area contributed by atoms with E-state index in [4.69, 9.17) is 9.84 Å². The van der Waals surface area contributed by atoms with Crippen molar-refractivity contribution in [2.45, 2.75) is 13.3 Å². The van der Waals surface area contributed by atoms with E-state index in [1.165, 1.54) is 4.90 Å². The third-order valence-corrected chi connectivity index (χ3v) is 2.89. The maximum absolute atomic E-state index is 12.1. The number of carboxylic acids is 1. The Hall–Kier alpha value is -2.04. The lowest BCUT2D eigenvalue weighted by Gasteiger charge is -2.27.